The average molecular weight is 184 g/mol. The second-order valence-corrected chi connectivity index (χ2v) is 3.20. The average Bonchev–Trinajstić information content (AvgIpc) is 2.95. The molecule has 1 saturated heterocycles. The summed E-state index contributed by atoms with van der Waals surface area (Å²) in [5.74, 6) is -0.330. The number of epoxide rings is 1. The van der Waals surface area contributed by atoms with E-state index < -0.39 is 0 Å². The van der Waals surface area contributed by atoms with Gasteiger partial charge in [-0.2, -0.15) is 0 Å². The van der Waals surface area contributed by atoms with Crippen LogP contribution in [0.4, 0.5) is 0 Å². The zero-order chi connectivity index (χ0) is 9.68. The molecule has 0 bridgehead atoms. The van der Waals surface area contributed by atoms with E-state index in [9.17, 15) is 4.79 Å². The molecule has 1 aliphatic heterocycles. The van der Waals surface area contributed by atoms with E-state index in [0.717, 1.165) is 25.9 Å². The number of carbonyl (C=O) groups is 1. The molecule has 13 heavy (non-hydrogen) atoms. The molecule has 0 spiro atoms. The molecule has 0 amide bonds. The van der Waals surface area contributed by atoms with Crippen LogP contribution in [0.15, 0.2) is 12.7 Å². The quantitative estimate of drug-likeness (QED) is 0.358. The van der Waals surface area contributed by atoms with Crippen molar-refractivity contribution in [3.05, 3.63) is 12.7 Å². The van der Waals surface area contributed by atoms with Gasteiger partial charge < -0.3 is 9.47 Å². The minimum Gasteiger partial charge on any atom is -0.459 e. The van der Waals surface area contributed by atoms with Crippen molar-refractivity contribution in [1.82, 2.24) is 0 Å². The van der Waals surface area contributed by atoms with Crippen LogP contribution < -0.4 is 0 Å². The van der Waals surface area contributed by atoms with Gasteiger partial charge in [0.15, 0.2) is 0 Å². The Morgan fingerprint density at radius 1 is 1.85 bits per heavy atom. The van der Waals surface area contributed by atoms with Gasteiger partial charge in [-0.15, -0.1) is 0 Å². The molecule has 0 aromatic rings. The fraction of sp³-hybridized carbons (Fsp3) is 0.700. The van der Waals surface area contributed by atoms with E-state index in [2.05, 4.69) is 6.58 Å². The van der Waals surface area contributed by atoms with Crippen LogP contribution in [0.2, 0.25) is 0 Å². The zero-order valence-corrected chi connectivity index (χ0v) is 7.99. The van der Waals surface area contributed by atoms with Crippen LogP contribution in [0.25, 0.3) is 0 Å². The first-order chi connectivity index (χ1) is 6.26. The van der Waals surface area contributed by atoms with E-state index in [-0.39, 0.29) is 12.1 Å². The molecule has 2 unspecified atom stereocenters. The Bertz CT molecular complexity index is 185. The Kier molecular flexibility index (Phi) is 3.96. The largest absolute Gasteiger partial charge is 0.459 e. The van der Waals surface area contributed by atoms with Crippen LogP contribution >= 0.6 is 0 Å². The van der Waals surface area contributed by atoms with Gasteiger partial charge in [-0.25, -0.2) is 4.79 Å². The van der Waals surface area contributed by atoms with Crippen molar-refractivity contribution < 1.29 is 14.3 Å². The molecule has 0 aliphatic carbocycles. The van der Waals surface area contributed by atoms with Gasteiger partial charge in [0, 0.05) is 6.08 Å². The van der Waals surface area contributed by atoms with Crippen LogP contribution in [0, 0.1) is 0 Å². The minimum atomic E-state index is -0.330. The fourth-order valence-corrected chi connectivity index (χ4v) is 1.17. The van der Waals surface area contributed by atoms with E-state index in [1.54, 1.807) is 0 Å². The summed E-state index contributed by atoms with van der Waals surface area (Å²) in [5.41, 5.74) is 0. The second-order valence-electron chi connectivity index (χ2n) is 3.20. The molecular formula is C10H16O3. The first kappa shape index (κ1) is 10.3. The monoisotopic (exact) mass is 184 g/mol. The molecule has 0 saturated carbocycles. The van der Waals surface area contributed by atoms with Gasteiger partial charge in [0.2, 0.25) is 0 Å². The van der Waals surface area contributed by atoms with Crippen molar-refractivity contribution in [3.8, 4) is 0 Å². The summed E-state index contributed by atoms with van der Waals surface area (Å²) in [5, 5.41) is 0. The van der Waals surface area contributed by atoms with Crippen LogP contribution in [0.3, 0.4) is 0 Å². The maximum Gasteiger partial charge on any atom is 0.330 e. The molecule has 3 nitrogen and oxygen atoms in total. The maximum absolute atomic E-state index is 10.9. The van der Waals surface area contributed by atoms with E-state index in [1.165, 1.54) is 6.08 Å². The Morgan fingerprint density at radius 3 is 3.00 bits per heavy atom. The van der Waals surface area contributed by atoms with Gasteiger partial charge in [-0.3, -0.25) is 0 Å². The van der Waals surface area contributed by atoms with Gasteiger partial charge in [-0.05, 0) is 19.3 Å². The lowest BCUT2D eigenvalue weighted by molar-refractivity contribution is -0.143. The highest BCUT2D eigenvalue weighted by Crippen LogP contribution is 2.18. The van der Waals surface area contributed by atoms with Gasteiger partial charge in [0.25, 0.3) is 0 Å². The van der Waals surface area contributed by atoms with Crippen molar-refractivity contribution in [2.45, 2.75) is 38.4 Å². The first-order valence-corrected chi connectivity index (χ1v) is 4.71. The predicted octanol–water partition coefficient (Wildman–Crippen LogP) is 1.67. The number of ether oxygens (including phenoxy) is 2. The highest BCUT2D eigenvalue weighted by molar-refractivity contribution is 5.81. The Hall–Kier alpha value is -0.830. The van der Waals surface area contributed by atoms with Gasteiger partial charge in [0.05, 0.1) is 12.7 Å². The molecule has 1 aliphatic rings. The Balaban J connectivity index is 2.15. The maximum atomic E-state index is 10.9. The van der Waals surface area contributed by atoms with Crippen LogP contribution in [-0.4, -0.2) is 24.8 Å². The molecule has 1 rings (SSSR count). The van der Waals surface area contributed by atoms with E-state index in [1.807, 2.05) is 6.92 Å². The van der Waals surface area contributed by atoms with Crippen LogP contribution in [0.1, 0.15) is 26.2 Å². The van der Waals surface area contributed by atoms with E-state index >= 15 is 0 Å². The summed E-state index contributed by atoms with van der Waals surface area (Å²) < 4.78 is 10.2. The summed E-state index contributed by atoms with van der Waals surface area (Å²) in [4.78, 5) is 10.9. The zero-order valence-electron chi connectivity index (χ0n) is 7.99. The third-order valence-electron chi connectivity index (χ3n) is 2.12. The topological polar surface area (TPSA) is 38.8 Å². The highest BCUT2D eigenvalue weighted by atomic mass is 16.6. The second kappa shape index (κ2) is 5.02. The Labute approximate surface area is 78.7 Å². The SMILES string of the molecule is C=CC(=O)OC(CC)CCC1CO1. The summed E-state index contributed by atoms with van der Waals surface area (Å²) >= 11 is 0. The summed E-state index contributed by atoms with van der Waals surface area (Å²) in [6.07, 6.45) is 4.37. The minimum absolute atomic E-state index is 0.0229. The fourth-order valence-electron chi connectivity index (χ4n) is 1.17. The lowest BCUT2D eigenvalue weighted by atomic mass is 10.1. The first-order valence-electron chi connectivity index (χ1n) is 4.71. The molecule has 1 fully saturated rings. The lowest BCUT2D eigenvalue weighted by Crippen LogP contribution is -2.16. The number of hydrogen-bond donors (Lipinski definition) is 0. The molecule has 1 heterocycles. The van der Waals surface area contributed by atoms with Crippen molar-refractivity contribution in [2.24, 2.45) is 0 Å². The smallest absolute Gasteiger partial charge is 0.330 e. The third-order valence-corrected chi connectivity index (χ3v) is 2.12. The molecular weight excluding hydrogens is 168 g/mol. The number of carbonyl (C=O) groups excluding carboxylic acids is 1. The molecule has 3 heteroatoms. The lowest BCUT2D eigenvalue weighted by Gasteiger charge is -2.13. The summed E-state index contributed by atoms with van der Waals surface area (Å²) in [6.45, 7) is 6.23. The van der Waals surface area contributed by atoms with Gasteiger partial charge in [-0.1, -0.05) is 13.5 Å². The highest BCUT2D eigenvalue weighted by Gasteiger charge is 2.23. The molecule has 74 valence electrons. The van der Waals surface area contributed by atoms with Gasteiger partial charge in [0.1, 0.15) is 6.10 Å². The summed E-state index contributed by atoms with van der Waals surface area (Å²) in [6, 6.07) is 0. The molecule has 0 radical (unpaired) electrons. The molecule has 2 atom stereocenters. The standard InChI is InChI=1S/C10H16O3/c1-3-8(13-10(11)4-2)5-6-9-7-12-9/h4,8-9H,2-3,5-7H2,1H3. The van der Waals surface area contributed by atoms with E-state index in [4.69, 9.17) is 9.47 Å². The van der Waals surface area contributed by atoms with Crippen LogP contribution in [0.5, 0.6) is 0 Å². The molecule has 0 aromatic carbocycles. The number of rotatable bonds is 6. The normalized spacial score (nSPS) is 22.1. The van der Waals surface area contributed by atoms with Crippen LogP contribution in [-0.2, 0) is 14.3 Å². The number of hydrogen-bond acceptors (Lipinski definition) is 3. The molecule has 0 aromatic heterocycles. The van der Waals surface area contributed by atoms with Crippen molar-refractivity contribution >= 4 is 5.97 Å². The van der Waals surface area contributed by atoms with Crippen molar-refractivity contribution in [2.75, 3.05) is 6.61 Å². The van der Waals surface area contributed by atoms with Crippen molar-refractivity contribution in [1.29, 1.82) is 0 Å². The molecule has 0 N–H and O–H groups in total. The predicted molar refractivity (Wildman–Crippen MR) is 49.3 cm³/mol. The third kappa shape index (κ3) is 4.08. The Morgan fingerprint density at radius 2 is 2.54 bits per heavy atom. The van der Waals surface area contributed by atoms with E-state index in [0.29, 0.717) is 6.10 Å². The van der Waals surface area contributed by atoms with Gasteiger partial charge >= 0.3 is 5.97 Å². The summed E-state index contributed by atoms with van der Waals surface area (Å²) in [7, 11) is 0. The van der Waals surface area contributed by atoms with Crippen molar-refractivity contribution in [3.63, 3.8) is 0 Å². The number of esters is 1.